The van der Waals surface area contributed by atoms with Gasteiger partial charge in [-0.2, -0.15) is 0 Å². The van der Waals surface area contributed by atoms with E-state index >= 15 is 0 Å². The molecule has 2 aromatic rings. The fraction of sp³-hybridized carbons (Fsp3) is 0.217. The first-order chi connectivity index (χ1) is 15.1. The van der Waals surface area contributed by atoms with Gasteiger partial charge in [-0.3, -0.25) is 19.7 Å². The molecule has 0 aliphatic heterocycles. The number of anilines is 2. The SMILES string of the molecule is CC(=O)Nc1ccc(SC2C=C([N+](=O)[O-])C=CC2(C)Sc2ccc(NC(C)=O)cc2)cc1. The summed E-state index contributed by atoms with van der Waals surface area (Å²) < 4.78 is -0.448. The Morgan fingerprint density at radius 2 is 1.44 bits per heavy atom. The molecular formula is C23H23N3O4S2. The highest BCUT2D eigenvalue weighted by atomic mass is 32.2. The van der Waals surface area contributed by atoms with E-state index in [0.717, 1.165) is 9.79 Å². The number of amides is 2. The Bertz CT molecular complexity index is 1080. The molecule has 2 aromatic carbocycles. The number of benzene rings is 2. The van der Waals surface area contributed by atoms with Gasteiger partial charge in [0.2, 0.25) is 11.8 Å². The van der Waals surface area contributed by atoms with Gasteiger partial charge in [0.1, 0.15) is 0 Å². The summed E-state index contributed by atoms with van der Waals surface area (Å²) in [5.74, 6) is -0.277. The summed E-state index contributed by atoms with van der Waals surface area (Å²) >= 11 is 3.13. The predicted octanol–water partition coefficient (Wildman–Crippen LogP) is 5.35. The molecule has 1 aliphatic carbocycles. The molecule has 0 fully saturated rings. The van der Waals surface area contributed by atoms with Gasteiger partial charge in [-0.25, -0.2) is 0 Å². The van der Waals surface area contributed by atoms with Crippen molar-refractivity contribution in [2.24, 2.45) is 0 Å². The van der Waals surface area contributed by atoms with E-state index in [1.807, 2.05) is 61.5 Å². The van der Waals surface area contributed by atoms with Gasteiger partial charge in [-0.15, -0.1) is 23.5 Å². The first kappa shape index (κ1) is 23.6. The smallest absolute Gasteiger partial charge is 0.266 e. The molecule has 0 saturated carbocycles. The summed E-state index contributed by atoms with van der Waals surface area (Å²) in [6.07, 6.45) is 5.11. The van der Waals surface area contributed by atoms with Crippen molar-refractivity contribution in [1.29, 1.82) is 0 Å². The molecule has 32 heavy (non-hydrogen) atoms. The van der Waals surface area contributed by atoms with Crippen molar-refractivity contribution in [3.63, 3.8) is 0 Å². The summed E-state index contributed by atoms with van der Waals surface area (Å²) in [4.78, 5) is 35.4. The van der Waals surface area contributed by atoms with Crippen molar-refractivity contribution in [3.8, 4) is 0 Å². The predicted molar refractivity (Wildman–Crippen MR) is 130 cm³/mol. The number of carbonyl (C=O) groups is 2. The van der Waals surface area contributed by atoms with Gasteiger partial charge in [0.25, 0.3) is 5.70 Å². The van der Waals surface area contributed by atoms with Crippen LogP contribution in [0.25, 0.3) is 0 Å². The Hall–Kier alpha value is -3.04. The van der Waals surface area contributed by atoms with Gasteiger partial charge in [0, 0.05) is 47.2 Å². The number of carbonyl (C=O) groups excluding carboxylic acids is 2. The Balaban J connectivity index is 1.82. The number of allylic oxidation sites excluding steroid dienone is 1. The summed E-state index contributed by atoms with van der Waals surface area (Å²) in [5.41, 5.74) is 1.48. The van der Waals surface area contributed by atoms with Crippen LogP contribution in [0.15, 0.2) is 82.2 Å². The first-order valence-corrected chi connectivity index (χ1v) is 11.5. The molecule has 2 unspecified atom stereocenters. The molecule has 2 amide bonds. The largest absolute Gasteiger partial charge is 0.326 e. The molecule has 2 atom stereocenters. The van der Waals surface area contributed by atoms with E-state index in [9.17, 15) is 19.7 Å². The number of nitrogens with one attached hydrogen (secondary N) is 2. The quantitative estimate of drug-likeness (QED) is 0.419. The van der Waals surface area contributed by atoms with Gasteiger partial charge in [-0.05, 0) is 55.5 Å². The summed E-state index contributed by atoms with van der Waals surface area (Å²) in [7, 11) is 0. The van der Waals surface area contributed by atoms with E-state index in [1.54, 1.807) is 23.9 Å². The zero-order valence-electron chi connectivity index (χ0n) is 17.8. The maximum Gasteiger partial charge on any atom is 0.266 e. The molecule has 166 valence electrons. The molecule has 0 heterocycles. The van der Waals surface area contributed by atoms with Crippen LogP contribution in [0.4, 0.5) is 11.4 Å². The average Bonchev–Trinajstić information content (AvgIpc) is 2.71. The van der Waals surface area contributed by atoms with Gasteiger partial charge < -0.3 is 10.6 Å². The third-order valence-electron chi connectivity index (χ3n) is 4.63. The Morgan fingerprint density at radius 1 is 0.938 bits per heavy atom. The molecule has 2 N–H and O–H groups in total. The lowest BCUT2D eigenvalue weighted by Crippen LogP contribution is -2.33. The van der Waals surface area contributed by atoms with Gasteiger partial charge >= 0.3 is 0 Å². The van der Waals surface area contributed by atoms with E-state index in [0.29, 0.717) is 11.4 Å². The molecule has 0 radical (unpaired) electrons. The van der Waals surface area contributed by atoms with Crippen LogP contribution in [-0.2, 0) is 9.59 Å². The van der Waals surface area contributed by atoms with Crippen LogP contribution >= 0.6 is 23.5 Å². The van der Waals surface area contributed by atoms with E-state index in [1.165, 1.54) is 25.6 Å². The van der Waals surface area contributed by atoms with Crippen molar-refractivity contribution in [2.75, 3.05) is 10.6 Å². The zero-order chi connectivity index (χ0) is 23.3. The van der Waals surface area contributed by atoms with Crippen LogP contribution in [0.3, 0.4) is 0 Å². The summed E-state index contributed by atoms with van der Waals surface area (Å²) in [5, 5.41) is 16.7. The van der Waals surface area contributed by atoms with Crippen molar-refractivity contribution in [2.45, 2.75) is 40.6 Å². The van der Waals surface area contributed by atoms with Gasteiger partial charge in [0.15, 0.2) is 0 Å². The topological polar surface area (TPSA) is 101 Å². The average molecular weight is 470 g/mol. The fourth-order valence-corrected chi connectivity index (χ4v) is 5.61. The monoisotopic (exact) mass is 469 g/mol. The summed E-state index contributed by atoms with van der Waals surface area (Å²) in [6, 6.07) is 14.9. The highest BCUT2D eigenvalue weighted by Gasteiger charge is 2.37. The number of nitrogens with zero attached hydrogens (tertiary/aromatic N) is 1. The fourth-order valence-electron chi connectivity index (χ4n) is 3.12. The molecule has 3 rings (SSSR count). The molecule has 0 saturated heterocycles. The lowest BCUT2D eigenvalue weighted by molar-refractivity contribution is -0.419. The van der Waals surface area contributed by atoms with E-state index in [4.69, 9.17) is 0 Å². The molecule has 7 nitrogen and oxygen atoms in total. The molecule has 1 aliphatic rings. The highest BCUT2D eigenvalue weighted by Crippen LogP contribution is 2.46. The van der Waals surface area contributed by atoms with Crippen molar-refractivity contribution in [1.82, 2.24) is 0 Å². The second-order valence-corrected chi connectivity index (χ2v) is 10.2. The minimum absolute atomic E-state index is 0.0662. The van der Waals surface area contributed by atoms with Crippen LogP contribution < -0.4 is 10.6 Å². The highest BCUT2D eigenvalue weighted by molar-refractivity contribution is 8.04. The minimum atomic E-state index is -0.448. The maximum atomic E-state index is 11.4. The van der Waals surface area contributed by atoms with Crippen molar-refractivity contribution in [3.05, 3.63) is 82.6 Å². The standard InChI is InChI=1S/C23H23N3O4S2/c1-15(27)24-17-4-8-20(9-5-17)31-22-14-19(26(29)30)12-13-23(22,3)32-21-10-6-18(7-11-21)25-16(2)28/h4-14,22H,1-3H3,(H,24,27)(H,25,28). The molecule has 9 heteroatoms. The van der Waals surface area contributed by atoms with Crippen LogP contribution in [0.5, 0.6) is 0 Å². The summed E-state index contributed by atoms with van der Waals surface area (Å²) in [6.45, 7) is 4.96. The molecule has 0 bridgehead atoms. The number of thioether (sulfide) groups is 2. The first-order valence-electron chi connectivity index (χ1n) is 9.81. The third kappa shape index (κ3) is 6.24. The van der Waals surface area contributed by atoms with Crippen LogP contribution in [0.2, 0.25) is 0 Å². The number of rotatable bonds is 7. The number of nitro groups is 1. The number of hydrogen-bond acceptors (Lipinski definition) is 6. The Kier molecular flexibility index (Phi) is 7.42. The second kappa shape index (κ2) is 10.1. The molecular weight excluding hydrogens is 446 g/mol. The molecule has 0 spiro atoms. The van der Waals surface area contributed by atoms with Crippen LogP contribution in [0.1, 0.15) is 20.8 Å². The lowest BCUT2D eigenvalue weighted by Gasteiger charge is -2.34. The van der Waals surface area contributed by atoms with Gasteiger partial charge in [-0.1, -0.05) is 6.08 Å². The van der Waals surface area contributed by atoms with Crippen LogP contribution in [-0.4, -0.2) is 26.7 Å². The Morgan fingerprint density at radius 3 is 1.91 bits per heavy atom. The van der Waals surface area contributed by atoms with Gasteiger partial charge in [0.05, 0.1) is 14.9 Å². The second-order valence-electron chi connectivity index (χ2n) is 7.42. The minimum Gasteiger partial charge on any atom is -0.326 e. The van der Waals surface area contributed by atoms with Crippen LogP contribution in [0, 0.1) is 10.1 Å². The molecule has 0 aromatic heterocycles. The van der Waals surface area contributed by atoms with E-state index in [-0.39, 0.29) is 27.7 Å². The van der Waals surface area contributed by atoms with E-state index < -0.39 is 4.75 Å². The maximum absolute atomic E-state index is 11.4. The van der Waals surface area contributed by atoms with Crippen molar-refractivity contribution >= 4 is 46.7 Å². The Labute approximate surface area is 194 Å². The lowest BCUT2D eigenvalue weighted by atomic mass is 10.00. The normalized spacial score (nSPS) is 19.7. The third-order valence-corrected chi connectivity index (χ3v) is 7.54. The van der Waals surface area contributed by atoms with Crippen molar-refractivity contribution < 1.29 is 14.5 Å². The number of hydrogen-bond donors (Lipinski definition) is 2. The zero-order valence-corrected chi connectivity index (χ0v) is 19.5. The van der Waals surface area contributed by atoms with E-state index in [2.05, 4.69) is 10.6 Å².